The molecule has 1 aliphatic rings. The summed E-state index contributed by atoms with van der Waals surface area (Å²) in [5, 5.41) is 2.18. The zero-order chi connectivity index (χ0) is 14.8. The van der Waals surface area contributed by atoms with E-state index < -0.39 is 0 Å². The molecule has 2 nitrogen and oxygen atoms in total. The van der Waals surface area contributed by atoms with Crippen LogP contribution in [0.5, 0.6) is 0 Å². The van der Waals surface area contributed by atoms with Crippen molar-refractivity contribution in [1.29, 1.82) is 0 Å². The highest BCUT2D eigenvalue weighted by Crippen LogP contribution is 2.46. The summed E-state index contributed by atoms with van der Waals surface area (Å²) in [5.41, 5.74) is 2.37. The number of ketones is 1. The molecule has 22 heavy (non-hydrogen) atoms. The highest BCUT2D eigenvalue weighted by molar-refractivity contribution is 7.26. The smallest absolute Gasteiger partial charge is 0.288 e. The minimum Gasteiger partial charge on any atom is -0.288 e. The Balaban J connectivity index is 2.05. The Bertz CT molecular complexity index is 1110. The Hall–Kier alpha value is -2.52. The topological polar surface area (TPSA) is 28.4 Å². The van der Waals surface area contributed by atoms with Crippen LogP contribution in [0.1, 0.15) is 21.7 Å². The van der Waals surface area contributed by atoms with Gasteiger partial charge in [-0.15, -0.1) is 11.3 Å². The quantitative estimate of drug-likeness (QED) is 0.356. The molecule has 2 aromatic heterocycles. The summed E-state index contributed by atoms with van der Waals surface area (Å²) in [5.74, 6) is 1.66. The fourth-order valence-corrected chi connectivity index (χ4v) is 4.47. The Labute approximate surface area is 130 Å². The molecular formula is C19H11O2S+. The highest BCUT2D eigenvalue weighted by atomic mass is 32.1. The molecule has 0 radical (unpaired) electrons. The van der Waals surface area contributed by atoms with E-state index in [4.69, 9.17) is 4.42 Å². The molecule has 3 heteroatoms. The zero-order valence-corrected chi connectivity index (χ0v) is 12.7. The number of hydrogen-bond acceptors (Lipinski definition) is 2. The Morgan fingerprint density at radius 2 is 1.68 bits per heavy atom. The molecule has 4 aromatic rings. The first kappa shape index (κ1) is 12.1. The van der Waals surface area contributed by atoms with Crippen molar-refractivity contribution in [3.05, 3.63) is 65.4 Å². The molecule has 0 N–H and O–H groups in total. The molecule has 104 valence electrons. The lowest BCUT2D eigenvalue weighted by Gasteiger charge is -1.95. The van der Waals surface area contributed by atoms with Crippen molar-refractivity contribution in [2.45, 2.75) is 6.92 Å². The SMILES string of the molecule is Cc1[o+]c2c(c3c1sc1ccccc13)C(=O)c1ccccc1-2. The lowest BCUT2D eigenvalue weighted by Crippen LogP contribution is -1.96. The predicted octanol–water partition coefficient (Wildman–Crippen LogP) is 5.45. The first-order valence-corrected chi connectivity index (χ1v) is 7.99. The average molecular weight is 303 g/mol. The standard InChI is InChI=1S/C19H11O2S/c1-10-19-15(13-8-4-5-9-14(13)22-19)16-17(20)11-6-2-3-7-12(11)18(16)21-10/h2-9H,1H3/q+1. The third kappa shape index (κ3) is 1.34. The predicted molar refractivity (Wildman–Crippen MR) is 89.6 cm³/mol. The third-order valence-electron chi connectivity index (χ3n) is 4.29. The van der Waals surface area contributed by atoms with Gasteiger partial charge in [0.05, 0.1) is 12.5 Å². The van der Waals surface area contributed by atoms with Crippen LogP contribution in [-0.2, 0) is 0 Å². The Morgan fingerprint density at radius 3 is 2.55 bits per heavy atom. The molecule has 0 atom stereocenters. The van der Waals surface area contributed by atoms with Gasteiger partial charge in [0.2, 0.25) is 5.78 Å². The van der Waals surface area contributed by atoms with Gasteiger partial charge in [0, 0.05) is 21.0 Å². The summed E-state index contributed by atoms with van der Waals surface area (Å²) in [7, 11) is 0. The number of fused-ring (bicyclic) bond motifs is 7. The van der Waals surface area contributed by atoms with Gasteiger partial charge in [0.1, 0.15) is 10.3 Å². The minimum atomic E-state index is 0.0721. The largest absolute Gasteiger partial charge is 0.372 e. The summed E-state index contributed by atoms with van der Waals surface area (Å²) in [6.07, 6.45) is 0. The first-order valence-electron chi connectivity index (χ1n) is 7.18. The maximum Gasteiger partial charge on any atom is 0.372 e. The molecule has 0 bridgehead atoms. The van der Waals surface area contributed by atoms with Gasteiger partial charge in [-0.3, -0.25) is 4.79 Å². The number of benzene rings is 2. The van der Waals surface area contributed by atoms with Gasteiger partial charge in [-0.25, -0.2) is 4.42 Å². The van der Waals surface area contributed by atoms with Crippen molar-refractivity contribution in [1.82, 2.24) is 0 Å². The molecule has 0 fully saturated rings. The van der Waals surface area contributed by atoms with E-state index in [0.717, 1.165) is 37.9 Å². The molecule has 0 spiro atoms. The summed E-state index contributed by atoms with van der Waals surface area (Å²) >= 11 is 1.69. The van der Waals surface area contributed by atoms with Crippen molar-refractivity contribution >= 4 is 37.3 Å². The number of hydrogen-bond donors (Lipinski definition) is 0. The minimum absolute atomic E-state index is 0.0721. The molecule has 0 saturated carbocycles. The monoisotopic (exact) mass is 303 g/mol. The first-order chi connectivity index (χ1) is 10.8. The number of rotatable bonds is 0. The molecule has 0 amide bonds. The number of thiophene rings is 1. The van der Waals surface area contributed by atoms with Gasteiger partial charge in [0.15, 0.2) is 0 Å². The van der Waals surface area contributed by atoms with Crippen molar-refractivity contribution in [2.75, 3.05) is 0 Å². The van der Waals surface area contributed by atoms with Gasteiger partial charge < -0.3 is 0 Å². The van der Waals surface area contributed by atoms with Crippen LogP contribution in [0.2, 0.25) is 0 Å². The van der Waals surface area contributed by atoms with E-state index in [-0.39, 0.29) is 5.78 Å². The molecule has 5 rings (SSSR count). The second-order valence-corrected chi connectivity index (χ2v) is 6.59. The molecule has 0 unspecified atom stereocenters. The summed E-state index contributed by atoms with van der Waals surface area (Å²) in [4.78, 5) is 12.9. The normalized spacial score (nSPS) is 12.9. The van der Waals surface area contributed by atoms with Gasteiger partial charge in [0.25, 0.3) is 0 Å². The van der Waals surface area contributed by atoms with Crippen molar-refractivity contribution in [2.24, 2.45) is 0 Å². The second kappa shape index (κ2) is 4.02. The van der Waals surface area contributed by atoms with Crippen LogP contribution in [0, 0.1) is 6.92 Å². The van der Waals surface area contributed by atoms with Crippen LogP contribution in [0.4, 0.5) is 0 Å². The summed E-state index contributed by atoms with van der Waals surface area (Å²) in [6, 6.07) is 15.9. The zero-order valence-electron chi connectivity index (χ0n) is 11.8. The molecule has 0 aliphatic heterocycles. The lowest BCUT2D eigenvalue weighted by molar-refractivity contribution is 0.104. The van der Waals surface area contributed by atoms with Crippen LogP contribution >= 0.6 is 11.3 Å². The van der Waals surface area contributed by atoms with Crippen molar-refractivity contribution < 1.29 is 9.21 Å². The molecule has 2 heterocycles. The van der Waals surface area contributed by atoms with E-state index in [1.807, 2.05) is 43.3 Å². The fourth-order valence-electron chi connectivity index (χ4n) is 3.33. The number of carbonyl (C=O) groups is 1. The Morgan fingerprint density at radius 1 is 0.955 bits per heavy atom. The number of aryl methyl sites for hydroxylation is 1. The van der Waals surface area contributed by atoms with Crippen LogP contribution in [0.3, 0.4) is 0 Å². The average Bonchev–Trinajstić information content (AvgIpc) is 3.06. The van der Waals surface area contributed by atoms with Crippen molar-refractivity contribution in [3.8, 4) is 11.3 Å². The maximum atomic E-state index is 12.9. The van der Waals surface area contributed by atoms with Gasteiger partial charge in [-0.2, -0.15) is 0 Å². The molecular weight excluding hydrogens is 292 g/mol. The van der Waals surface area contributed by atoms with Gasteiger partial charge >= 0.3 is 11.5 Å². The maximum absolute atomic E-state index is 12.9. The van der Waals surface area contributed by atoms with Crippen LogP contribution < -0.4 is 0 Å². The van der Waals surface area contributed by atoms with E-state index in [0.29, 0.717) is 5.76 Å². The van der Waals surface area contributed by atoms with Gasteiger partial charge in [-0.05, 0) is 12.1 Å². The van der Waals surface area contributed by atoms with E-state index in [2.05, 4.69) is 12.1 Å². The number of carbonyl (C=O) groups excluding carboxylic acids is 1. The van der Waals surface area contributed by atoms with Crippen molar-refractivity contribution in [3.63, 3.8) is 0 Å². The van der Waals surface area contributed by atoms with Gasteiger partial charge in [-0.1, -0.05) is 36.4 Å². The summed E-state index contributed by atoms with van der Waals surface area (Å²) in [6.45, 7) is 1.98. The summed E-state index contributed by atoms with van der Waals surface area (Å²) < 4.78 is 8.31. The van der Waals surface area contributed by atoms with Crippen LogP contribution in [0.25, 0.3) is 31.5 Å². The highest BCUT2D eigenvalue weighted by Gasteiger charge is 2.40. The Kier molecular flexibility index (Phi) is 2.20. The van der Waals surface area contributed by atoms with E-state index >= 15 is 0 Å². The van der Waals surface area contributed by atoms with E-state index in [1.165, 1.54) is 4.70 Å². The van der Waals surface area contributed by atoms with E-state index in [9.17, 15) is 4.79 Å². The molecule has 0 saturated heterocycles. The van der Waals surface area contributed by atoms with E-state index in [1.54, 1.807) is 11.3 Å². The fraction of sp³-hybridized carbons (Fsp3) is 0.0526. The van der Waals surface area contributed by atoms with Crippen LogP contribution in [0.15, 0.2) is 52.9 Å². The second-order valence-electron chi connectivity index (χ2n) is 5.54. The molecule has 1 aliphatic carbocycles. The van der Waals surface area contributed by atoms with Crippen LogP contribution in [-0.4, -0.2) is 5.78 Å². The molecule has 2 aromatic carbocycles. The lowest BCUT2D eigenvalue weighted by atomic mass is 10.0. The third-order valence-corrected chi connectivity index (χ3v) is 5.56.